The number of hydrogen-bond donors (Lipinski definition) is 1. The number of aromatic nitrogens is 1. The Balaban J connectivity index is 2.79. The zero-order valence-corrected chi connectivity index (χ0v) is 13.7. The highest BCUT2D eigenvalue weighted by atomic mass is 79.9. The van der Waals surface area contributed by atoms with Gasteiger partial charge in [0, 0.05) is 23.3 Å². The second-order valence-electron chi connectivity index (χ2n) is 6.73. The molecule has 1 aromatic heterocycles. The highest BCUT2D eigenvalue weighted by Crippen LogP contribution is 2.27. The topological polar surface area (TPSA) is 34.0 Å². The van der Waals surface area contributed by atoms with E-state index in [1.807, 2.05) is 23.9 Å². The summed E-state index contributed by atoms with van der Waals surface area (Å²) >= 11 is 3.38. The van der Waals surface area contributed by atoms with Gasteiger partial charge in [-0.15, -0.1) is 0 Å². The molecule has 0 spiro atoms. The maximum atomic E-state index is 12.2. The van der Waals surface area contributed by atoms with Gasteiger partial charge in [0.15, 0.2) is 0 Å². The molecule has 0 fully saturated rings. The van der Waals surface area contributed by atoms with Gasteiger partial charge in [0.25, 0.3) is 5.91 Å². The van der Waals surface area contributed by atoms with Crippen molar-refractivity contribution in [1.29, 1.82) is 0 Å². The fourth-order valence-corrected chi connectivity index (χ4v) is 3.02. The SMILES string of the molecule is Cn1cc(Br)cc1C(=O)NC(C)(C)CC(C)(C)C. The van der Waals surface area contributed by atoms with Crippen molar-refractivity contribution in [3.8, 4) is 0 Å². The third-order valence-corrected chi connectivity index (χ3v) is 3.06. The fraction of sp³-hybridized carbons (Fsp3) is 0.643. The van der Waals surface area contributed by atoms with E-state index in [1.165, 1.54) is 0 Å². The first kappa shape index (κ1) is 15.3. The van der Waals surface area contributed by atoms with Crippen LogP contribution in [-0.4, -0.2) is 16.0 Å². The van der Waals surface area contributed by atoms with Crippen molar-refractivity contribution in [2.45, 2.75) is 46.6 Å². The first-order chi connectivity index (χ1) is 8.00. The second-order valence-corrected chi connectivity index (χ2v) is 7.65. The van der Waals surface area contributed by atoms with Gasteiger partial charge in [0.2, 0.25) is 0 Å². The van der Waals surface area contributed by atoms with Gasteiger partial charge in [-0.05, 0) is 47.7 Å². The van der Waals surface area contributed by atoms with Crippen LogP contribution in [0.3, 0.4) is 0 Å². The van der Waals surface area contributed by atoms with Crippen LogP contribution in [0, 0.1) is 5.41 Å². The van der Waals surface area contributed by atoms with Gasteiger partial charge < -0.3 is 9.88 Å². The van der Waals surface area contributed by atoms with Crippen molar-refractivity contribution >= 4 is 21.8 Å². The van der Waals surface area contributed by atoms with E-state index < -0.39 is 0 Å². The van der Waals surface area contributed by atoms with E-state index in [4.69, 9.17) is 0 Å². The summed E-state index contributed by atoms with van der Waals surface area (Å²) in [5, 5.41) is 3.10. The zero-order chi connectivity index (χ0) is 14.1. The molecule has 1 N–H and O–H groups in total. The molecule has 1 heterocycles. The molecule has 102 valence electrons. The third kappa shape index (κ3) is 4.48. The normalized spacial score (nSPS) is 12.6. The number of amides is 1. The Morgan fingerprint density at radius 3 is 2.28 bits per heavy atom. The van der Waals surface area contributed by atoms with Crippen LogP contribution in [0.25, 0.3) is 0 Å². The van der Waals surface area contributed by atoms with Crippen LogP contribution in [0.15, 0.2) is 16.7 Å². The van der Waals surface area contributed by atoms with Crippen LogP contribution < -0.4 is 5.32 Å². The molecule has 0 saturated carbocycles. The smallest absolute Gasteiger partial charge is 0.268 e. The van der Waals surface area contributed by atoms with E-state index >= 15 is 0 Å². The zero-order valence-electron chi connectivity index (χ0n) is 12.1. The number of carbonyl (C=O) groups excluding carboxylic acids is 1. The Hall–Kier alpha value is -0.770. The lowest BCUT2D eigenvalue weighted by Gasteiger charge is -2.33. The number of hydrogen-bond acceptors (Lipinski definition) is 1. The molecule has 0 aliphatic rings. The van der Waals surface area contributed by atoms with E-state index in [0.717, 1.165) is 10.9 Å². The molecule has 18 heavy (non-hydrogen) atoms. The van der Waals surface area contributed by atoms with Gasteiger partial charge in [0.05, 0.1) is 0 Å². The predicted octanol–water partition coefficient (Wildman–Crippen LogP) is 3.73. The minimum absolute atomic E-state index is 0.0301. The van der Waals surface area contributed by atoms with Crippen LogP contribution in [0.4, 0.5) is 0 Å². The van der Waals surface area contributed by atoms with Gasteiger partial charge in [0.1, 0.15) is 5.69 Å². The highest BCUT2D eigenvalue weighted by Gasteiger charge is 2.28. The summed E-state index contributed by atoms with van der Waals surface area (Å²) < 4.78 is 2.75. The molecular formula is C14H23BrN2O. The van der Waals surface area contributed by atoms with E-state index in [9.17, 15) is 4.79 Å². The van der Waals surface area contributed by atoms with Crippen molar-refractivity contribution in [2.24, 2.45) is 12.5 Å². The molecule has 0 radical (unpaired) electrons. The van der Waals surface area contributed by atoms with Crippen LogP contribution in [0.5, 0.6) is 0 Å². The van der Waals surface area contributed by atoms with Crippen molar-refractivity contribution < 1.29 is 4.79 Å². The first-order valence-corrected chi connectivity index (χ1v) is 6.94. The highest BCUT2D eigenvalue weighted by molar-refractivity contribution is 9.10. The number of nitrogens with one attached hydrogen (secondary N) is 1. The predicted molar refractivity (Wildman–Crippen MR) is 78.7 cm³/mol. The molecule has 1 aromatic rings. The summed E-state index contributed by atoms with van der Waals surface area (Å²) in [6, 6.07) is 1.84. The summed E-state index contributed by atoms with van der Waals surface area (Å²) in [4.78, 5) is 12.2. The Labute approximate surface area is 118 Å². The van der Waals surface area contributed by atoms with Gasteiger partial charge in [-0.1, -0.05) is 20.8 Å². The lowest BCUT2D eigenvalue weighted by Crippen LogP contribution is -2.46. The molecule has 0 bridgehead atoms. The molecule has 1 rings (SSSR count). The summed E-state index contributed by atoms with van der Waals surface area (Å²) in [7, 11) is 1.87. The summed E-state index contributed by atoms with van der Waals surface area (Å²) in [5.41, 5.74) is 0.640. The number of nitrogens with zero attached hydrogens (tertiary/aromatic N) is 1. The van der Waals surface area contributed by atoms with E-state index in [1.54, 1.807) is 0 Å². The Kier molecular flexibility index (Phi) is 4.31. The molecule has 0 atom stereocenters. The maximum Gasteiger partial charge on any atom is 0.268 e. The standard InChI is InChI=1S/C14H23BrN2O/c1-13(2,3)9-14(4,5)16-12(18)11-7-10(15)8-17(11)6/h7-8H,9H2,1-6H3,(H,16,18). The molecule has 0 unspecified atom stereocenters. The average Bonchev–Trinajstić information content (AvgIpc) is 2.39. The van der Waals surface area contributed by atoms with Gasteiger partial charge in [-0.3, -0.25) is 4.79 Å². The Bertz CT molecular complexity index is 441. The number of aryl methyl sites for hydroxylation is 1. The molecule has 0 aromatic carbocycles. The molecule has 3 nitrogen and oxygen atoms in total. The average molecular weight is 315 g/mol. The molecule has 0 aliphatic carbocycles. The minimum Gasteiger partial charge on any atom is -0.346 e. The van der Waals surface area contributed by atoms with Crippen molar-refractivity contribution in [3.05, 3.63) is 22.4 Å². The molecule has 0 aliphatic heterocycles. The number of halogens is 1. The van der Waals surface area contributed by atoms with Crippen molar-refractivity contribution in [1.82, 2.24) is 9.88 Å². The summed E-state index contributed by atoms with van der Waals surface area (Å²) in [6.45, 7) is 10.7. The van der Waals surface area contributed by atoms with Crippen molar-refractivity contribution in [3.63, 3.8) is 0 Å². The lowest BCUT2D eigenvalue weighted by molar-refractivity contribution is 0.0883. The molecule has 0 saturated heterocycles. The maximum absolute atomic E-state index is 12.2. The van der Waals surface area contributed by atoms with Crippen LogP contribution in [-0.2, 0) is 7.05 Å². The van der Waals surface area contributed by atoms with Crippen LogP contribution in [0.2, 0.25) is 0 Å². The van der Waals surface area contributed by atoms with Crippen LogP contribution >= 0.6 is 15.9 Å². The molecule has 1 amide bonds. The largest absolute Gasteiger partial charge is 0.346 e. The van der Waals surface area contributed by atoms with Gasteiger partial charge >= 0.3 is 0 Å². The quantitative estimate of drug-likeness (QED) is 0.906. The van der Waals surface area contributed by atoms with E-state index in [0.29, 0.717) is 5.69 Å². The summed E-state index contributed by atoms with van der Waals surface area (Å²) in [6.07, 6.45) is 2.81. The first-order valence-electron chi connectivity index (χ1n) is 6.15. The Morgan fingerprint density at radius 1 is 1.33 bits per heavy atom. The Morgan fingerprint density at radius 2 is 1.89 bits per heavy atom. The van der Waals surface area contributed by atoms with Gasteiger partial charge in [-0.25, -0.2) is 0 Å². The second kappa shape index (κ2) is 5.08. The monoisotopic (exact) mass is 314 g/mol. The molecule has 4 heteroatoms. The van der Waals surface area contributed by atoms with Crippen LogP contribution in [0.1, 0.15) is 51.5 Å². The number of rotatable bonds is 3. The van der Waals surface area contributed by atoms with Crippen molar-refractivity contribution in [2.75, 3.05) is 0 Å². The minimum atomic E-state index is -0.216. The molecular weight excluding hydrogens is 292 g/mol. The summed E-state index contributed by atoms with van der Waals surface area (Å²) in [5.74, 6) is -0.0301. The van der Waals surface area contributed by atoms with E-state index in [-0.39, 0.29) is 16.9 Å². The fourth-order valence-electron chi connectivity index (χ4n) is 2.49. The van der Waals surface area contributed by atoms with Gasteiger partial charge in [-0.2, -0.15) is 0 Å². The third-order valence-electron chi connectivity index (χ3n) is 2.63. The van der Waals surface area contributed by atoms with E-state index in [2.05, 4.69) is 55.9 Å². The lowest BCUT2D eigenvalue weighted by atomic mass is 9.82. The number of carbonyl (C=O) groups is 1.